The van der Waals surface area contributed by atoms with Gasteiger partial charge < -0.3 is 14.8 Å². The highest BCUT2D eigenvalue weighted by Gasteiger charge is 2.55. The monoisotopic (exact) mass is 535 g/mol. The van der Waals surface area contributed by atoms with Crippen LogP contribution in [0.15, 0.2) is 48.5 Å². The summed E-state index contributed by atoms with van der Waals surface area (Å²) in [6.45, 7) is -0.00621. The number of hydrogen-bond acceptors (Lipinski definition) is 5. The van der Waals surface area contributed by atoms with Crippen LogP contribution in [0.1, 0.15) is 22.9 Å². The normalized spacial score (nSPS) is 18.7. The summed E-state index contributed by atoms with van der Waals surface area (Å²) in [5, 5.41) is 3.02. The molecule has 37 heavy (non-hydrogen) atoms. The summed E-state index contributed by atoms with van der Waals surface area (Å²) in [6.07, 6.45) is -5.88. The van der Waals surface area contributed by atoms with Crippen LogP contribution in [0.5, 0.6) is 11.8 Å². The molecule has 0 radical (unpaired) electrons. The first-order valence-electron chi connectivity index (χ1n) is 11.2. The van der Waals surface area contributed by atoms with Crippen LogP contribution < -0.4 is 15.0 Å². The van der Waals surface area contributed by atoms with Crippen molar-refractivity contribution in [3.05, 3.63) is 70.4 Å². The molecular weight excluding hydrogens is 515 g/mol. The molecule has 1 saturated heterocycles. The predicted octanol–water partition coefficient (Wildman–Crippen LogP) is 4.41. The second kappa shape index (κ2) is 9.27. The second-order valence-corrected chi connectivity index (χ2v) is 8.97. The molecule has 0 bridgehead atoms. The van der Waals surface area contributed by atoms with E-state index in [9.17, 15) is 22.8 Å². The van der Waals surface area contributed by atoms with E-state index in [1.54, 1.807) is 28.8 Å². The molecule has 13 heteroatoms. The third-order valence-corrected chi connectivity index (χ3v) is 6.32. The van der Waals surface area contributed by atoms with Gasteiger partial charge in [0.25, 0.3) is 0 Å². The van der Waals surface area contributed by atoms with Crippen molar-refractivity contribution in [1.29, 1.82) is 0 Å². The number of likely N-dealkylation sites (N-methyl/N-ethyl adjacent to an activating group) is 1. The molecule has 3 heterocycles. The largest absolute Gasteiger partial charge is 0.425 e. The van der Waals surface area contributed by atoms with Crippen LogP contribution in [-0.2, 0) is 22.3 Å². The highest BCUT2D eigenvalue weighted by atomic mass is 35.5. The summed E-state index contributed by atoms with van der Waals surface area (Å²) in [6, 6.07) is 10.9. The summed E-state index contributed by atoms with van der Waals surface area (Å²) in [7, 11) is 2.96. The zero-order valence-electron chi connectivity index (χ0n) is 19.6. The standard InChI is InChI=1S/C24H21ClF3N5O4/c1-29-17(34)12-33-21-19(37-21)18-20(31(2)23(33)35)30-22(32(18)11-13-6-8-15(25)9-7-13)36-16-5-3-4-14(10-16)24(26,27)28/h3-10,19,21H,11-12H2,1-2H3,(H,29,34). The number of fused-ring (bicyclic) bond motifs is 3. The zero-order valence-corrected chi connectivity index (χ0v) is 20.4. The molecule has 5 rings (SSSR count). The van der Waals surface area contributed by atoms with E-state index in [4.69, 9.17) is 21.1 Å². The van der Waals surface area contributed by atoms with Crippen LogP contribution >= 0.6 is 11.6 Å². The predicted molar refractivity (Wildman–Crippen MR) is 126 cm³/mol. The molecule has 194 valence electrons. The van der Waals surface area contributed by atoms with Crippen molar-refractivity contribution in [1.82, 2.24) is 19.8 Å². The Kier molecular flexibility index (Phi) is 6.24. The van der Waals surface area contributed by atoms with Gasteiger partial charge in [-0.25, -0.2) is 4.79 Å². The Morgan fingerprint density at radius 3 is 2.62 bits per heavy atom. The van der Waals surface area contributed by atoms with Crippen LogP contribution in [0, 0.1) is 0 Å². The van der Waals surface area contributed by atoms with Gasteiger partial charge in [0, 0.05) is 19.1 Å². The van der Waals surface area contributed by atoms with Gasteiger partial charge in [-0.1, -0.05) is 29.8 Å². The number of amides is 3. The third-order valence-electron chi connectivity index (χ3n) is 6.07. The third kappa shape index (κ3) is 4.81. The fourth-order valence-electron chi connectivity index (χ4n) is 4.13. The fourth-order valence-corrected chi connectivity index (χ4v) is 4.25. The van der Waals surface area contributed by atoms with Crippen molar-refractivity contribution >= 4 is 29.4 Å². The number of rotatable bonds is 6. The van der Waals surface area contributed by atoms with E-state index in [0.717, 1.165) is 17.7 Å². The van der Waals surface area contributed by atoms with Crippen molar-refractivity contribution in [2.75, 3.05) is 25.5 Å². The Labute approximate surface area is 214 Å². The molecule has 1 N–H and O–H groups in total. The first-order valence-corrected chi connectivity index (χ1v) is 11.5. The maximum Gasteiger partial charge on any atom is 0.416 e. The maximum absolute atomic E-state index is 13.3. The molecule has 1 aromatic heterocycles. The highest BCUT2D eigenvalue weighted by molar-refractivity contribution is 6.30. The van der Waals surface area contributed by atoms with Crippen molar-refractivity contribution in [2.24, 2.45) is 0 Å². The average molecular weight is 536 g/mol. The molecular formula is C24H21ClF3N5O4. The number of benzene rings is 2. The molecule has 2 aliphatic heterocycles. The number of imidazole rings is 1. The minimum absolute atomic E-state index is 0.0204. The van der Waals surface area contributed by atoms with Gasteiger partial charge in [-0.3, -0.25) is 19.2 Å². The number of carbonyl (C=O) groups excluding carboxylic acids is 2. The molecule has 3 aromatic rings. The van der Waals surface area contributed by atoms with Crippen molar-refractivity contribution in [2.45, 2.75) is 25.1 Å². The lowest BCUT2D eigenvalue weighted by molar-refractivity contribution is -0.137. The van der Waals surface area contributed by atoms with E-state index in [1.807, 2.05) is 0 Å². The minimum atomic E-state index is -4.55. The molecule has 3 amide bonds. The molecule has 2 aliphatic rings. The molecule has 1 fully saturated rings. The quantitative estimate of drug-likeness (QED) is 0.472. The smallest absolute Gasteiger partial charge is 0.416 e. The molecule has 2 aromatic carbocycles. The molecule has 2 atom stereocenters. The van der Waals surface area contributed by atoms with E-state index in [-0.39, 0.29) is 36.6 Å². The second-order valence-electron chi connectivity index (χ2n) is 8.53. The number of ether oxygens (including phenoxy) is 2. The number of alkyl halides is 3. The Morgan fingerprint density at radius 2 is 1.95 bits per heavy atom. The average Bonchev–Trinajstić information content (AvgIpc) is 3.58. The zero-order chi connectivity index (χ0) is 26.5. The molecule has 9 nitrogen and oxygen atoms in total. The number of nitrogens with one attached hydrogen (secondary N) is 1. The van der Waals surface area contributed by atoms with Gasteiger partial charge >= 0.3 is 18.2 Å². The van der Waals surface area contributed by atoms with Gasteiger partial charge in [0.05, 0.1) is 17.8 Å². The lowest BCUT2D eigenvalue weighted by Crippen LogP contribution is -2.46. The first-order chi connectivity index (χ1) is 17.6. The number of aromatic nitrogens is 2. The highest BCUT2D eigenvalue weighted by Crippen LogP contribution is 2.49. The van der Waals surface area contributed by atoms with Crippen molar-refractivity contribution < 1.29 is 32.2 Å². The van der Waals surface area contributed by atoms with E-state index >= 15 is 0 Å². The number of hydrogen-bond donors (Lipinski definition) is 1. The van der Waals surface area contributed by atoms with E-state index in [1.165, 1.54) is 36.0 Å². The van der Waals surface area contributed by atoms with E-state index < -0.39 is 30.1 Å². The van der Waals surface area contributed by atoms with E-state index in [0.29, 0.717) is 10.7 Å². The van der Waals surface area contributed by atoms with Crippen molar-refractivity contribution in [3.8, 4) is 11.8 Å². The first kappa shape index (κ1) is 24.9. The van der Waals surface area contributed by atoms with Gasteiger partial charge in [0.1, 0.15) is 18.4 Å². The Hall–Kier alpha value is -3.77. The topological polar surface area (TPSA) is 92.2 Å². The number of anilines is 1. The molecule has 2 unspecified atom stereocenters. The number of carbonyl (C=O) groups is 2. The summed E-state index contributed by atoms with van der Waals surface area (Å²) < 4.78 is 53.1. The van der Waals surface area contributed by atoms with Crippen LogP contribution in [0.4, 0.5) is 23.8 Å². The summed E-state index contributed by atoms with van der Waals surface area (Å²) in [5.74, 6) is -0.225. The number of urea groups is 1. The van der Waals surface area contributed by atoms with Crippen LogP contribution in [0.25, 0.3) is 0 Å². The Morgan fingerprint density at radius 1 is 1.22 bits per heavy atom. The van der Waals surface area contributed by atoms with E-state index in [2.05, 4.69) is 10.3 Å². The fraction of sp³-hybridized carbons (Fsp3) is 0.292. The summed E-state index contributed by atoms with van der Waals surface area (Å²) in [5.41, 5.74) is 0.429. The Bertz CT molecular complexity index is 1360. The van der Waals surface area contributed by atoms with Gasteiger partial charge in [-0.2, -0.15) is 18.2 Å². The lowest BCUT2D eigenvalue weighted by Gasteiger charge is -2.23. The number of nitrogens with zero attached hydrogens (tertiary/aromatic N) is 4. The summed E-state index contributed by atoms with van der Waals surface area (Å²) >= 11 is 6.02. The molecule has 0 spiro atoms. The van der Waals surface area contributed by atoms with Gasteiger partial charge in [0.15, 0.2) is 12.0 Å². The van der Waals surface area contributed by atoms with Crippen LogP contribution in [0.3, 0.4) is 0 Å². The van der Waals surface area contributed by atoms with Crippen LogP contribution in [0.2, 0.25) is 5.02 Å². The maximum atomic E-state index is 13.3. The van der Waals surface area contributed by atoms with Crippen LogP contribution in [-0.4, -0.2) is 53.3 Å². The van der Waals surface area contributed by atoms with Gasteiger partial charge in [0.2, 0.25) is 5.91 Å². The molecule has 0 aliphatic carbocycles. The summed E-state index contributed by atoms with van der Waals surface area (Å²) in [4.78, 5) is 32.2. The van der Waals surface area contributed by atoms with Crippen molar-refractivity contribution in [3.63, 3.8) is 0 Å². The number of halogens is 4. The van der Waals surface area contributed by atoms with Gasteiger partial charge in [-0.15, -0.1) is 0 Å². The number of epoxide rings is 1. The molecule has 0 saturated carbocycles. The lowest BCUT2D eigenvalue weighted by atomic mass is 10.2. The SMILES string of the molecule is CNC(=O)CN1C(=O)N(C)c2nc(Oc3cccc(C(F)(F)F)c3)n(Cc3ccc(Cl)cc3)c2C2OC21. The minimum Gasteiger partial charge on any atom is -0.425 e. The van der Waals surface area contributed by atoms with Gasteiger partial charge in [-0.05, 0) is 35.9 Å². The Balaban J connectivity index is 1.57.